The van der Waals surface area contributed by atoms with E-state index in [2.05, 4.69) is 39.9 Å². The third-order valence-corrected chi connectivity index (χ3v) is 4.05. The van der Waals surface area contributed by atoms with E-state index in [1.807, 2.05) is 0 Å². The molecule has 0 radical (unpaired) electrons. The van der Waals surface area contributed by atoms with Crippen molar-refractivity contribution in [3.8, 4) is 0 Å². The van der Waals surface area contributed by atoms with Crippen LogP contribution in [0.4, 0.5) is 0 Å². The van der Waals surface area contributed by atoms with Crippen LogP contribution in [0.15, 0.2) is 0 Å². The number of methoxy groups -OCH3 is 1. The fourth-order valence-electron chi connectivity index (χ4n) is 1.73. The maximum Gasteiger partial charge on any atom is 0.122 e. The molecular weight excluding hydrogens is 244 g/mol. The SMILES string of the molecule is CCCNCc1sc(C(C)OC)nc1C(C)(C)C. The Morgan fingerprint density at radius 1 is 1.39 bits per heavy atom. The van der Waals surface area contributed by atoms with E-state index in [9.17, 15) is 0 Å². The smallest absolute Gasteiger partial charge is 0.122 e. The summed E-state index contributed by atoms with van der Waals surface area (Å²) in [6.07, 6.45) is 1.24. The zero-order valence-corrected chi connectivity index (χ0v) is 13.3. The summed E-state index contributed by atoms with van der Waals surface area (Å²) < 4.78 is 5.37. The Morgan fingerprint density at radius 2 is 2.06 bits per heavy atom. The Bertz CT molecular complexity index is 368. The largest absolute Gasteiger partial charge is 0.375 e. The monoisotopic (exact) mass is 270 g/mol. The van der Waals surface area contributed by atoms with Crippen molar-refractivity contribution in [2.45, 2.75) is 59.1 Å². The molecule has 1 N–H and O–H groups in total. The second-order valence-corrected chi connectivity index (χ2v) is 6.74. The Labute approximate surface area is 115 Å². The number of hydrogen-bond donors (Lipinski definition) is 1. The minimum atomic E-state index is 0.0797. The second-order valence-electron chi connectivity index (χ2n) is 5.63. The quantitative estimate of drug-likeness (QED) is 0.801. The fourth-order valence-corrected chi connectivity index (χ4v) is 3.00. The van der Waals surface area contributed by atoms with Crippen molar-refractivity contribution in [1.82, 2.24) is 10.3 Å². The zero-order chi connectivity index (χ0) is 13.8. The van der Waals surface area contributed by atoms with Gasteiger partial charge in [0, 0.05) is 23.9 Å². The number of thiazole rings is 1. The molecule has 1 heterocycles. The van der Waals surface area contributed by atoms with Gasteiger partial charge in [0.25, 0.3) is 0 Å². The lowest BCUT2D eigenvalue weighted by molar-refractivity contribution is 0.119. The molecule has 0 bridgehead atoms. The molecule has 1 rings (SSSR count). The minimum absolute atomic E-state index is 0.0797. The van der Waals surface area contributed by atoms with E-state index in [0.29, 0.717) is 0 Å². The molecule has 1 aromatic rings. The van der Waals surface area contributed by atoms with Crippen molar-refractivity contribution in [3.63, 3.8) is 0 Å². The molecule has 0 aliphatic rings. The van der Waals surface area contributed by atoms with Crippen LogP contribution in [-0.2, 0) is 16.7 Å². The fraction of sp³-hybridized carbons (Fsp3) is 0.786. The summed E-state index contributed by atoms with van der Waals surface area (Å²) in [6.45, 7) is 12.8. The van der Waals surface area contributed by atoms with Crippen LogP contribution in [0.3, 0.4) is 0 Å². The van der Waals surface area contributed by atoms with Gasteiger partial charge in [-0.3, -0.25) is 0 Å². The first-order valence-electron chi connectivity index (χ1n) is 6.63. The predicted octanol–water partition coefficient (Wildman–Crippen LogP) is 3.65. The predicted molar refractivity (Wildman–Crippen MR) is 78.2 cm³/mol. The average Bonchev–Trinajstić information content (AvgIpc) is 2.72. The first-order chi connectivity index (χ1) is 8.40. The number of rotatable bonds is 6. The summed E-state index contributed by atoms with van der Waals surface area (Å²) in [4.78, 5) is 6.13. The van der Waals surface area contributed by atoms with E-state index in [-0.39, 0.29) is 11.5 Å². The van der Waals surface area contributed by atoms with E-state index in [0.717, 1.165) is 24.5 Å². The molecule has 0 aromatic carbocycles. The summed E-state index contributed by atoms with van der Waals surface area (Å²) in [7, 11) is 1.73. The molecule has 1 atom stereocenters. The van der Waals surface area contributed by atoms with Crippen LogP contribution in [0.1, 0.15) is 62.7 Å². The number of aromatic nitrogens is 1. The van der Waals surface area contributed by atoms with Gasteiger partial charge in [-0.2, -0.15) is 0 Å². The molecule has 4 heteroatoms. The molecule has 0 saturated carbocycles. The van der Waals surface area contributed by atoms with Crippen LogP contribution >= 0.6 is 11.3 Å². The summed E-state index contributed by atoms with van der Waals surface area (Å²) in [5.74, 6) is 0. The molecule has 3 nitrogen and oxygen atoms in total. The average molecular weight is 270 g/mol. The van der Waals surface area contributed by atoms with Crippen LogP contribution in [0, 0.1) is 0 Å². The molecule has 0 spiro atoms. The van der Waals surface area contributed by atoms with E-state index in [1.54, 1.807) is 18.4 Å². The van der Waals surface area contributed by atoms with Gasteiger partial charge in [0.05, 0.1) is 5.69 Å². The molecule has 0 aliphatic carbocycles. The van der Waals surface area contributed by atoms with Gasteiger partial charge in [0.1, 0.15) is 11.1 Å². The van der Waals surface area contributed by atoms with Gasteiger partial charge in [-0.25, -0.2) is 4.98 Å². The normalized spacial score (nSPS) is 13.9. The first-order valence-corrected chi connectivity index (χ1v) is 7.45. The van der Waals surface area contributed by atoms with Crippen LogP contribution in [0.5, 0.6) is 0 Å². The van der Waals surface area contributed by atoms with Crippen molar-refractivity contribution in [2.24, 2.45) is 0 Å². The molecule has 0 aliphatic heterocycles. The molecule has 0 amide bonds. The summed E-state index contributed by atoms with van der Waals surface area (Å²) in [5.41, 5.74) is 1.29. The molecule has 0 fully saturated rings. The van der Waals surface area contributed by atoms with Gasteiger partial charge < -0.3 is 10.1 Å². The van der Waals surface area contributed by atoms with Gasteiger partial charge in [0.15, 0.2) is 0 Å². The number of ether oxygens (including phenoxy) is 1. The lowest BCUT2D eigenvalue weighted by Gasteiger charge is -2.17. The van der Waals surface area contributed by atoms with E-state index in [1.165, 1.54) is 10.6 Å². The van der Waals surface area contributed by atoms with E-state index in [4.69, 9.17) is 9.72 Å². The lowest BCUT2D eigenvalue weighted by Crippen LogP contribution is -2.19. The van der Waals surface area contributed by atoms with Gasteiger partial charge in [-0.15, -0.1) is 11.3 Å². The summed E-state index contributed by atoms with van der Waals surface area (Å²) >= 11 is 1.77. The Hall–Kier alpha value is -0.450. The third kappa shape index (κ3) is 4.04. The lowest BCUT2D eigenvalue weighted by atomic mass is 9.91. The van der Waals surface area contributed by atoms with Crippen LogP contribution in [0.25, 0.3) is 0 Å². The van der Waals surface area contributed by atoms with Gasteiger partial charge in [-0.05, 0) is 19.9 Å². The highest BCUT2D eigenvalue weighted by Gasteiger charge is 2.24. The van der Waals surface area contributed by atoms with Crippen LogP contribution < -0.4 is 5.32 Å². The highest BCUT2D eigenvalue weighted by molar-refractivity contribution is 7.11. The number of nitrogens with zero attached hydrogens (tertiary/aromatic N) is 1. The van der Waals surface area contributed by atoms with Gasteiger partial charge in [0.2, 0.25) is 0 Å². The van der Waals surface area contributed by atoms with Crippen molar-refractivity contribution in [3.05, 3.63) is 15.6 Å². The van der Waals surface area contributed by atoms with Crippen molar-refractivity contribution in [2.75, 3.05) is 13.7 Å². The van der Waals surface area contributed by atoms with Crippen molar-refractivity contribution >= 4 is 11.3 Å². The standard InChI is InChI=1S/C14H26N2OS/c1-7-8-15-9-11-12(14(3,4)5)16-13(18-11)10(2)17-6/h10,15H,7-9H2,1-6H3. The molecule has 1 unspecified atom stereocenters. The number of hydrogen-bond acceptors (Lipinski definition) is 4. The maximum atomic E-state index is 5.37. The highest BCUT2D eigenvalue weighted by atomic mass is 32.1. The molecule has 1 aromatic heterocycles. The Kier molecular flexibility index (Phi) is 5.76. The van der Waals surface area contributed by atoms with Gasteiger partial charge in [-0.1, -0.05) is 27.7 Å². The van der Waals surface area contributed by atoms with Crippen LogP contribution in [0.2, 0.25) is 0 Å². The highest BCUT2D eigenvalue weighted by Crippen LogP contribution is 2.32. The first kappa shape index (κ1) is 15.6. The number of nitrogens with one attached hydrogen (secondary N) is 1. The van der Waals surface area contributed by atoms with E-state index < -0.39 is 0 Å². The van der Waals surface area contributed by atoms with Crippen LogP contribution in [-0.4, -0.2) is 18.6 Å². The topological polar surface area (TPSA) is 34.1 Å². The summed E-state index contributed by atoms with van der Waals surface area (Å²) in [5, 5.41) is 4.54. The third-order valence-electron chi connectivity index (χ3n) is 2.84. The molecule has 0 saturated heterocycles. The Balaban J connectivity index is 2.94. The van der Waals surface area contributed by atoms with Crippen molar-refractivity contribution < 1.29 is 4.74 Å². The summed E-state index contributed by atoms with van der Waals surface area (Å²) in [6, 6.07) is 0. The van der Waals surface area contributed by atoms with E-state index >= 15 is 0 Å². The molecule has 18 heavy (non-hydrogen) atoms. The second kappa shape index (κ2) is 6.64. The minimum Gasteiger partial charge on any atom is -0.375 e. The van der Waals surface area contributed by atoms with Crippen molar-refractivity contribution in [1.29, 1.82) is 0 Å². The van der Waals surface area contributed by atoms with Gasteiger partial charge >= 0.3 is 0 Å². The zero-order valence-electron chi connectivity index (χ0n) is 12.5. The molecular formula is C14H26N2OS. The Morgan fingerprint density at radius 3 is 2.56 bits per heavy atom. The maximum absolute atomic E-state index is 5.37. The molecule has 104 valence electrons.